The van der Waals surface area contributed by atoms with Gasteiger partial charge in [-0.2, -0.15) is 0 Å². The Labute approximate surface area is 169 Å². The summed E-state index contributed by atoms with van der Waals surface area (Å²) >= 11 is 0. The van der Waals surface area contributed by atoms with Crippen LogP contribution in [0.15, 0.2) is 42.5 Å². The third-order valence-electron chi connectivity index (χ3n) is 5.02. The van der Waals surface area contributed by atoms with Crippen LogP contribution in [0.3, 0.4) is 0 Å². The second-order valence-corrected chi connectivity index (χ2v) is 6.94. The maximum Gasteiger partial charge on any atom is 0.234 e. The van der Waals surface area contributed by atoms with Crippen molar-refractivity contribution in [2.75, 3.05) is 32.8 Å². The van der Waals surface area contributed by atoms with Crippen LogP contribution in [0.2, 0.25) is 0 Å². The molecular weight excluding hydrogens is 372 g/mol. The molecule has 154 valence electrons. The lowest BCUT2D eigenvalue weighted by atomic mass is 10.1. The van der Waals surface area contributed by atoms with Crippen molar-refractivity contribution in [1.82, 2.24) is 15.2 Å². The first-order chi connectivity index (χ1) is 14.1. The van der Waals surface area contributed by atoms with E-state index in [0.717, 1.165) is 16.5 Å². The molecule has 0 saturated carbocycles. The molecule has 3 amide bonds. The van der Waals surface area contributed by atoms with Crippen molar-refractivity contribution in [3.63, 3.8) is 0 Å². The van der Waals surface area contributed by atoms with E-state index >= 15 is 0 Å². The standard InChI is InChI=1S/C21H26N4O4/c22-23-19(26)7-8-20(27)24-10-12-25(13-11-24)21(28)9-14-29-18-6-5-16-3-1-2-4-17(16)15-18/h1-6,15H,7-14,22H2,(H,23,26). The minimum Gasteiger partial charge on any atom is -0.493 e. The van der Waals surface area contributed by atoms with Gasteiger partial charge >= 0.3 is 0 Å². The fourth-order valence-corrected chi connectivity index (χ4v) is 3.33. The number of carbonyl (C=O) groups is 3. The van der Waals surface area contributed by atoms with Gasteiger partial charge in [-0.15, -0.1) is 0 Å². The average molecular weight is 398 g/mol. The number of nitrogens with zero attached hydrogens (tertiary/aromatic N) is 2. The van der Waals surface area contributed by atoms with E-state index in [2.05, 4.69) is 0 Å². The van der Waals surface area contributed by atoms with Crippen LogP contribution in [0, 0.1) is 0 Å². The average Bonchev–Trinajstić information content (AvgIpc) is 2.77. The third kappa shape index (κ3) is 5.68. The molecule has 8 nitrogen and oxygen atoms in total. The molecule has 1 fully saturated rings. The SMILES string of the molecule is NNC(=O)CCC(=O)N1CCN(C(=O)CCOc2ccc3ccccc3c2)CC1. The first-order valence-electron chi connectivity index (χ1n) is 9.73. The maximum absolute atomic E-state index is 12.4. The molecule has 1 aliphatic rings. The molecule has 0 unspecified atom stereocenters. The van der Waals surface area contributed by atoms with Gasteiger partial charge in [0, 0.05) is 39.0 Å². The molecule has 0 atom stereocenters. The van der Waals surface area contributed by atoms with Gasteiger partial charge in [0.05, 0.1) is 13.0 Å². The highest BCUT2D eigenvalue weighted by Crippen LogP contribution is 2.20. The second kappa shape index (κ2) is 9.88. The third-order valence-corrected chi connectivity index (χ3v) is 5.02. The quantitative estimate of drug-likeness (QED) is 0.412. The zero-order chi connectivity index (χ0) is 20.6. The van der Waals surface area contributed by atoms with Gasteiger partial charge < -0.3 is 14.5 Å². The summed E-state index contributed by atoms with van der Waals surface area (Å²) in [6.07, 6.45) is 0.481. The van der Waals surface area contributed by atoms with Crippen molar-refractivity contribution in [2.45, 2.75) is 19.3 Å². The van der Waals surface area contributed by atoms with E-state index in [-0.39, 0.29) is 37.0 Å². The number of hydrogen-bond acceptors (Lipinski definition) is 5. The lowest BCUT2D eigenvalue weighted by Crippen LogP contribution is -2.50. The number of nitrogens with two attached hydrogens (primary N) is 1. The van der Waals surface area contributed by atoms with Crippen molar-refractivity contribution in [3.8, 4) is 5.75 Å². The summed E-state index contributed by atoms with van der Waals surface area (Å²) in [6, 6.07) is 13.9. The summed E-state index contributed by atoms with van der Waals surface area (Å²) in [6.45, 7) is 2.23. The van der Waals surface area contributed by atoms with Crippen molar-refractivity contribution in [2.24, 2.45) is 5.84 Å². The molecule has 0 aliphatic carbocycles. The summed E-state index contributed by atoms with van der Waals surface area (Å²) in [5.74, 6) is 5.31. The molecule has 0 aromatic heterocycles. The van der Waals surface area contributed by atoms with Gasteiger partial charge in [-0.3, -0.25) is 19.8 Å². The van der Waals surface area contributed by atoms with E-state index in [1.807, 2.05) is 47.9 Å². The van der Waals surface area contributed by atoms with Crippen LogP contribution in [-0.2, 0) is 14.4 Å². The summed E-state index contributed by atoms with van der Waals surface area (Å²) < 4.78 is 5.74. The molecule has 2 aromatic rings. The lowest BCUT2D eigenvalue weighted by molar-refractivity contribution is -0.140. The molecule has 8 heteroatoms. The Hall–Kier alpha value is -3.13. The molecule has 2 aromatic carbocycles. The molecule has 29 heavy (non-hydrogen) atoms. The van der Waals surface area contributed by atoms with Crippen molar-refractivity contribution >= 4 is 28.5 Å². The molecule has 0 radical (unpaired) electrons. The molecule has 1 aliphatic heterocycles. The summed E-state index contributed by atoms with van der Waals surface area (Å²) in [7, 11) is 0. The highest BCUT2D eigenvalue weighted by Gasteiger charge is 2.24. The molecule has 1 saturated heterocycles. The Kier molecular flexibility index (Phi) is 7.02. The Bertz CT molecular complexity index is 878. The van der Waals surface area contributed by atoms with E-state index in [9.17, 15) is 14.4 Å². The predicted octanol–water partition coefficient (Wildman–Crippen LogP) is 1.05. The summed E-state index contributed by atoms with van der Waals surface area (Å²) in [5, 5.41) is 2.24. The van der Waals surface area contributed by atoms with Crippen molar-refractivity contribution in [3.05, 3.63) is 42.5 Å². The van der Waals surface area contributed by atoms with Crippen LogP contribution >= 0.6 is 0 Å². The van der Waals surface area contributed by atoms with E-state index in [4.69, 9.17) is 10.6 Å². The van der Waals surface area contributed by atoms with E-state index < -0.39 is 0 Å². The zero-order valence-electron chi connectivity index (χ0n) is 16.3. The normalized spacial score (nSPS) is 14.0. The number of carbonyl (C=O) groups excluding carboxylic acids is 3. The fraction of sp³-hybridized carbons (Fsp3) is 0.381. The van der Waals surface area contributed by atoms with Crippen LogP contribution in [0.1, 0.15) is 19.3 Å². The minimum absolute atomic E-state index is 0.0143. The number of hydrogen-bond donors (Lipinski definition) is 2. The van der Waals surface area contributed by atoms with Crippen molar-refractivity contribution < 1.29 is 19.1 Å². The van der Waals surface area contributed by atoms with Crippen molar-refractivity contribution in [1.29, 1.82) is 0 Å². The van der Waals surface area contributed by atoms with Gasteiger partial charge in [-0.05, 0) is 22.9 Å². The largest absolute Gasteiger partial charge is 0.493 e. The van der Waals surface area contributed by atoms with E-state index in [1.165, 1.54) is 0 Å². The van der Waals surface area contributed by atoms with Gasteiger partial charge in [0.2, 0.25) is 17.7 Å². The van der Waals surface area contributed by atoms with Crippen LogP contribution in [0.25, 0.3) is 10.8 Å². The minimum atomic E-state index is -0.362. The Morgan fingerprint density at radius 1 is 0.862 bits per heavy atom. The molecule has 0 spiro atoms. The highest BCUT2D eigenvalue weighted by molar-refractivity contribution is 5.84. The van der Waals surface area contributed by atoms with Gasteiger partial charge in [0.15, 0.2) is 0 Å². The van der Waals surface area contributed by atoms with Crippen LogP contribution in [0.4, 0.5) is 0 Å². The molecular formula is C21H26N4O4. The fourth-order valence-electron chi connectivity index (χ4n) is 3.33. The molecule has 1 heterocycles. The maximum atomic E-state index is 12.4. The number of amides is 3. The number of benzene rings is 2. The monoisotopic (exact) mass is 398 g/mol. The first kappa shape index (κ1) is 20.6. The Morgan fingerprint density at radius 3 is 2.14 bits per heavy atom. The second-order valence-electron chi connectivity index (χ2n) is 6.94. The van der Waals surface area contributed by atoms with Gasteiger partial charge in [-0.1, -0.05) is 30.3 Å². The van der Waals surface area contributed by atoms with Gasteiger partial charge in [0.1, 0.15) is 5.75 Å². The molecule has 0 bridgehead atoms. The topological polar surface area (TPSA) is 105 Å². The van der Waals surface area contributed by atoms with E-state index in [0.29, 0.717) is 32.8 Å². The highest BCUT2D eigenvalue weighted by atomic mass is 16.5. The number of ether oxygens (including phenoxy) is 1. The van der Waals surface area contributed by atoms with Crippen LogP contribution in [0.5, 0.6) is 5.75 Å². The molecule has 3 N–H and O–H groups in total. The van der Waals surface area contributed by atoms with Gasteiger partial charge in [0.25, 0.3) is 0 Å². The van der Waals surface area contributed by atoms with E-state index in [1.54, 1.807) is 9.80 Å². The summed E-state index contributed by atoms with van der Waals surface area (Å²) in [5.41, 5.74) is 2.01. The number of hydrazine groups is 1. The number of nitrogens with one attached hydrogen (secondary N) is 1. The summed E-state index contributed by atoms with van der Waals surface area (Å²) in [4.78, 5) is 39.1. The Morgan fingerprint density at radius 2 is 1.48 bits per heavy atom. The lowest BCUT2D eigenvalue weighted by Gasteiger charge is -2.34. The van der Waals surface area contributed by atoms with Crippen LogP contribution < -0.4 is 16.0 Å². The number of rotatable bonds is 7. The number of fused-ring (bicyclic) bond motifs is 1. The molecule has 3 rings (SSSR count). The number of piperazine rings is 1. The van der Waals surface area contributed by atoms with Crippen LogP contribution in [-0.4, -0.2) is 60.3 Å². The zero-order valence-corrected chi connectivity index (χ0v) is 16.3. The first-order valence-corrected chi connectivity index (χ1v) is 9.73. The van der Waals surface area contributed by atoms with Gasteiger partial charge in [-0.25, -0.2) is 5.84 Å². The Balaban J connectivity index is 1.39. The predicted molar refractivity (Wildman–Crippen MR) is 109 cm³/mol. The smallest absolute Gasteiger partial charge is 0.234 e.